The van der Waals surface area contributed by atoms with Gasteiger partial charge in [-0.3, -0.25) is 14.4 Å². The molecule has 1 aliphatic heterocycles. The molecular formula is C16H22N4O2S. The Morgan fingerprint density at radius 1 is 1.39 bits per heavy atom. The average Bonchev–Trinajstić information content (AvgIpc) is 3.28. The number of nitrogens with zero attached hydrogens (tertiary/aromatic N) is 3. The van der Waals surface area contributed by atoms with Crippen LogP contribution in [0, 0.1) is 0 Å². The van der Waals surface area contributed by atoms with Gasteiger partial charge in [-0.2, -0.15) is 5.10 Å². The van der Waals surface area contributed by atoms with Gasteiger partial charge in [0.15, 0.2) is 0 Å². The smallest absolute Gasteiger partial charge is 0.221 e. The molecule has 1 N–H and O–H groups in total. The second-order valence-electron chi connectivity index (χ2n) is 5.50. The van der Waals surface area contributed by atoms with Gasteiger partial charge < -0.3 is 10.1 Å². The number of aromatic nitrogens is 2. The summed E-state index contributed by atoms with van der Waals surface area (Å²) in [5.41, 5.74) is 0. The number of rotatable bonds is 7. The summed E-state index contributed by atoms with van der Waals surface area (Å²) in [4.78, 5) is 15.8. The number of ether oxygens (including phenoxy) is 1. The maximum absolute atomic E-state index is 12.1. The summed E-state index contributed by atoms with van der Waals surface area (Å²) in [5.74, 6) is 0.0651. The Kier molecular flexibility index (Phi) is 5.79. The lowest BCUT2D eigenvalue weighted by molar-refractivity contribution is -0.121. The average molecular weight is 334 g/mol. The molecule has 23 heavy (non-hydrogen) atoms. The highest BCUT2D eigenvalue weighted by atomic mass is 32.1. The van der Waals surface area contributed by atoms with Gasteiger partial charge >= 0.3 is 0 Å². The molecule has 124 valence electrons. The molecular weight excluding hydrogens is 312 g/mol. The van der Waals surface area contributed by atoms with E-state index >= 15 is 0 Å². The standard InChI is InChI=1S/C16H22N4O2S/c21-16(4-7-20-6-2-5-18-20)17-13-14(15-3-1-12-23-15)19-8-10-22-11-9-19/h1-3,5-6,12,14H,4,7-11,13H2,(H,17,21)/t14-/m0/s1. The predicted molar refractivity (Wildman–Crippen MR) is 89.3 cm³/mol. The van der Waals surface area contributed by atoms with Gasteiger partial charge in [-0.1, -0.05) is 6.07 Å². The number of amides is 1. The van der Waals surface area contributed by atoms with Crippen LogP contribution in [0.4, 0.5) is 0 Å². The number of hydrogen-bond donors (Lipinski definition) is 1. The third-order valence-electron chi connectivity index (χ3n) is 3.98. The van der Waals surface area contributed by atoms with Crippen molar-refractivity contribution >= 4 is 17.2 Å². The Morgan fingerprint density at radius 3 is 2.96 bits per heavy atom. The third kappa shape index (κ3) is 4.63. The highest BCUT2D eigenvalue weighted by Gasteiger charge is 2.23. The Hall–Kier alpha value is -1.70. The van der Waals surface area contributed by atoms with Gasteiger partial charge in [0.2, 0.25) is 5.91 Å². The van der Waals surface area contributed by atoms with Gasteiger partial charge in [-0.15, -0.1) is 11.3 Å². The van der Waals surface area contributed by atoms with Gasteiger partial charge in [-0.05, 0) is 17.5 Å². The monoisotopic (exact) mass is 334 g/mol. The molecule has 1 amide bonds. The summed E-state index contributed by atoms with van der Waals surface area (Å²) in [6, 6.07) is 6.30. The van der Waals surface area contributed by atoms with E-state index in [1.807, 2.05) is 12.3 Å². The van der Waals surface area contributed by atoms with Crippen LogP contribution >= 0.6 is 11.3 Å². The van der Waals surface area contributed by atoms with E-state index in [0.29, 0.717) is 19.5 Å². The van der Waals surface area contributed by atoms with E-state index in [9.17, 15) is 4.79 Å². The van der Waals surface area contributed by atoms with E-state index in [-0.39, 0.29) is 11.9 Å². The molecule has 2 aromatic heterocycles. The molecule has 7 heteroatoms. The van der Waals surface area contributed by atoms with E-state index in [2.05, 4.69) is 32.8 Å². The van der Waals surface area contributed by atoms with Crippen molar-refractivity contribution < 1.29 is 9.53 Å². The van der Waals surface area contributed by atoms with E-state index < -0.39 is 0 Å². The Morgan fingerprint density at radius 2 is 2.26 bits per heavy atom. The summed E-state index contributed by atoms with van der Waals surface area (Å²) in [7, 11) is 0. The molecule has 1 fully saturated rings. The molecule has 0 aromatic carbocycles. The first-order valence-electron chi connectivity index (χ1n) is 7.92. The number of carbonyl (C=O) groups is 1. The van der Waals surface area contributed by atoms with Crippen LogP contribution in [0.3, 0.4) is 0 Å². The largest absolute Gasteiger partial charge is 0.379 e. The number of thiophene rings is 1. The van der Waals surface area contributed by atoms with E-state index in [0.717, 1.165) is 26.3 Å². The molecule has 1 aliphatic rings. The van der Waals surface area contributed by atoms with Crippen molar-refractivity contribution in [3.05, 3.63) is 40.8 Å². The molecule has 6 nitrogen and oxygen atoms in total. The van der Waals surface area contributed by atoms with Crippen molar-refractivity contribution in [1.82, 2.24) is 20.0 Å². The number of morpholine rings is 1. The summed E-state index contributed by atoms with van der Waals surface area (Å²) in [6.07, 6.45) is 4.04. The van der Waals surface area contributed by atoms with Gasteiger partial charge in [0, 0.05) is 49.9 Å². The highest BCUT2D eigenvalue weighted by molar-refractivity contribution is 7.10. The zero-order valence-electron chi connectivity index (χ0n) is 13.1. The lowest BCUT2D eigenvalue weighted by Crippen LogP contribution is -2.43. The first-order chi connectivity index (χ1) is 11.3. The zero-order valence-corrected chi connectivity index (χ0v) is 13.9. The summed E-state index contributed by atoms with van der Waals surface area (Å²) in [5, 5.41) is 9.27. The second kappa shape index (κ2) is 8.24. The molecule has 3 heterocycles. The number of aryl methyl sites for hydroxylation is 1. The predicted octanol–water partition coefficient (Wildman–Crippen LogP) is 1.52. The van der Waals surface area contributed by atoms with Crippen molar-refractivity contribution in [1.29, 1.82) is 0 Å². The van der Waals surface area contributed by atoms with Crippen molar-refractivity contribution in [2.24, 2.45) is 0 Å². The number of hydrogen-bond acceptors (Lipinski definition) is 5. The molecule has 0 radical (unpaired) electrons. The van der Waals surface area contributed by atoms with Crippen LogP contribution in [0.5, 0.6) is 0 Å². The van der Waals surface area contributed by atoms with Crippen molar-refractivity contribution in [3.8, 4) is 0 Å². The zero-order chi connectivity index (χ0) is 15.9. The molecule has 0 saturated carbocycles. The van der Waals surface area contributed by atoms with Gasteiger partial charge in [-0.25, -0.2) is 0 Å². The fourth-order valence-electron chi connectivity index (χ4n) is 2.73. The SMILES string of the molecule is O=C(CCn1cccn1)NC[C@@H](c1cccs1)N1CCOCC1. The normalized spacial score (nSPS) is 17.0. The van der Waals surface area contributed by atoms with Crippen LogP contribution in [0.15, 0.2) is 36.0 Å². The Balaban J connectivity index is 1.52. The first kappa shape index (κ1) is 16.2. The molecule has 0 aliphatic carbocycles. The van der Waals surface area contributed by atoms with E-state index in [1.54, 1.807) is 22.2 Å². The summed E-state index contributed by atoms with van der Waals surface area (Å²) < 4.78 is 7.21. The fourth-order valence-corrected chi connectivity index (χ4v) is 3.59. The minimum absolute atomic E-state index is 0.0651. The lowest BCUT2D eigenvalue weighted by atomic mass is 10.2. The first-order valence-corrected chi connectivity index (χ1v) is 8.80. The van der Waals surface area contributed by atoms with Crippen molar-refractivity contribution in [3.63, 3.8) is 0 Å². The third-order valence-corrected chi connectivity index (χ3v) is 4.95. The lowest BCUT2D eigenvalue weighted by Gasteiger charge is -2.34. The fraction of sp³-hybridized carbons (Fsp3) is 0.500. The van der Waals surface area contributed by atoms with Crippen molar-refractivity contribution in [2.75, 3.05) is 32.8 Å². The van der Waals surface area contributed by atoms with E-state index in [1.165, 1.54) is 4.88 Å². The Bertz CT molecular complexity index is 579. The second-order valence-corrected chi connectivity index (χ2v) is 6.48. The molecule has 0 unspecified atom stereocenters. The molecule has 1 saturated heterocycles. The van der Waals surface area contributed by atoms with Crippen LogP contribution in [-0.2, 0) is 16.1 Å². The minimum Gasteiger partial charge on any atom is -0.379 e. The minimum atomic E-state index is 0.0651. The van der Waals surface area contributed by atoms with Crippen LogP contribution in [0.25, 0.3) is 0 Å². The van der Waals surface area contributed by atoms with Gasteiger partial charge in [0.25, 0.3) is 0 Å². The quantitative estimate of drug-likeness (QED) is 0.834. The van der Waals surface area contributed by atoms with E-state index in [4.69, 9.17) is 4.74 Å². The molecule has 2 aromatic rings. The van der Waals surface area contributed by atoms with Crippen LogP contribution in [0.2, 0.25) is 0 Å². The Labute approximate surface area is 140 Å². The van der Waals surface area contributed by atoms with Crippen LogP contribution < -0.4 is 5.32 Å². The highest BCUT2D eigenvalue weighted by Crippen LogP contribution is 2.25. The molecule has 3 rings (SSSR count). The summed E-state index contributed by atoms with van der Waals surface area (Å²) in [6.45, 7) is 4.58. The number of carbonyl (C=O) groups excluding carboxylic acids is 1. The molecule has 0 spiro atoms. The van der Waals surface area contributed by atoms with Gasteiger partial charge in [0.1, 0.15) is 0 Å². The van der Waals surface area contributed by atoms with Gasteiger partial charge in [0.05, 0.1) is 19.3 Å². The van der Waals surface area contributed by atoms with Crippen molar-refractivity contribution in [2.45, 2.75) is 19.0 Å². The number of nitrogens with one attached hydrogen (secondary N) is 1. The molecule has 1 atom stereocenters. The topological polar surface area (TPSA) is 59.4 Å². The maximum Gasteiger partial charge on any atom is 0.221 e. The summed E-state index contributed by atoms with van der Waals surface area (Å²) >= 11 is 1.74. The van der Waals surface area contributed by atoms with Crippen LogP contribution in [0.1, 0.15) is 17.3 Å². The van der Waals surface area contributed by atoms with Crippen LogP contribution in [-0.4, -0.2) is 53.4 Å². The molecule has 0 bridgehead atoms. The maximum atomic E-state index is 12.1.